The molecule has 2 fully saturated rings. The van der Waals surface area contributed by atoms with E-state index in [2.05, 4.69) is 0 Å². The minimum Gasteiger partial charge on any atom is -0.396 e. The number of nitrogens with zero attached hydrogens (tertiary/aromatic N) is 2. The standard InChI is InChI=1S/C20H24N2O3S2/c1-14(18(24)21-11-6-5-9-16(21)10-12-23)22-19(25)17(27-20(22)26)13-15-7-3-2-4-8-15/h2-4,7-8,13-14,16,23H,5-6,9-12H2,1H3/b17-13-/t14-,16-/m1/s1. The van der Waals surface area contributed by atoms with Gasteiger partial charge in [0.05, 0.1) is 4.91 Å². The smallest absolute Gasteiger partial charge is 0.266 e. The number of thiocarbonyl (C=S) groups is 1. The van der Waals surface area contributed by atoms with Crippen LogP contribution in [0.5, 0.6) is 0 Å². The fraction of sp³-hybridized carbons (Fsp3) is 0.450. The Bertz CT molecular complexity index is 749. The van der Waals surface area contributed by atoms with Crippen LogP contribution in [0.1, 0.15) is 38.2 Å². The van der Waals surface area contributed by atoms with E-state index in [1.165, 1.54) is 16.7 Å². The van der Waals surface area contributed by atoms with E-state index in [0.717, 1.165) is 24.8 Å². The monoisotopic (exact) mass is 404 g/mol. The van der Waals surface area contributed by atoms with Crippen LogP contribution in [0.15, 0.2) is 35.2 Å². The third-order valence-electron chi connectivity index (χ3n) is 5.04. The summed E-state index contributed by atoms with van der Waals surface area (Å²) in [7, 11) is 0. The minimum atomic E-state index is -0.640. The van der Waals surface area contributed by atoms with Gasteiger partial charge in [0.1, 0.15) is 10.4 Å². The summed E-state index contributed by atoms with van der Waals surface area (Å²) in [5.74, 6) is -0.309. The predicted octanol–water partition coefficient (Wildman–Crippen LogP) is 3.04. The van der Waals surface area contributed by atoms with Crippen LogP contribution in [-0.4, -0.2) is 56.3 Å². The van der Waals surface area contributed by atoms with Crippen molar-refractivity contribution in [3.63, 3.8) is 0 Å². The molecule has 3 rings (SSSR count). The maximum atomic E-state index is 13.1. The van der Waals surface area contributed by atoms with E-state index < -0.39 is 6.04 Å². The zero-order chi connectivity index (χ0) is 19.4. The van der Waals surface area contributed by atoms with Crippen molar-refractivity contribution < 1.29 is 14.7 Å². The highest BCUT2D eigenvalue weighted by atomic mass is 32.2. The number of hydrogen-bond acceptors (Lipinski definition) is 5. The molecule has 2 saturated heterocycles. The molecule has 0 aromatic heterocycles. The van der Waals surface area contributed by atoms with Gasteiger partial charge >= 0.3 is 0 Å². The molecule has 2 atom stereocenters. The van der Waals surface area contributed by atoms with E-state index in [9.17, 15) is 14.7 Å². The molecule has 2 aliphatic rings. The third-order valence-corrected chi connectivity index (χ3v) is 6.37. The van der Waals surface area contributed by atoms with Gasteiger partial charge in [-0.3, -0.25) is 14.5 Å². The molecule has 0 bridgehead atoms. The van der Waals surface area contributed by atoms with Gasteiger partial charge in [-0.15, -0.1) is 0 Å². The van der Waals surface area contributed by atoms with Crippen molar-refractivity contribution in [3.05, 3.63) is 40.8 Å². The highest BCUT2D eigenvalue weighted by Crippen LogP contribution is 2.34. The lowest BCUT2D eigenvalue weighted by Gasteiger charge is -2.38. The second kappa shape index (κ2) is 8.99. The third kappa shape index (κ3) is 4.42. The molecule has 144 valence electrons. The summed E-state index contributed by atoms with van der Waals surface area (Å²) in [6, 6.07) is 9.00. The number of aliphatic hydroxyl groups excluding tert-OH is 1. The summed E-state index contributed by atoms with van der Waals surface area (Å²) < 4.78 is 0.416. The molecular weight excluding hydrogens is 380 g/mol. The van der Waals surface area contributed by atoms with Crippen LogP contribution in [0.4, 0.5) is 0 Å². The molecule has 0 saturated carbocycles. The van der Waals surface area contributed by atoms with Crippen LogP contribution < -0.4 is 0 Å². The lowest BCUT2D eigenvalue weighted by Crippen LogP contribution is -2.53. The number of hydrogen-bond donors (Lipinski definition) is 1. The van der Waals surface area contributed by atoms with Crippen LogP contribution in [0, 0.1) is 0 Å². The molecule has 2 aliphatic heterocycles. The van der Waals surface area contributed by atoms with Gasteiger partial charge < -0.3 is 10.0 Å². The summed E-state index contributed by atoms with van der Waals surface area (Å²) in [5, 5.41) is 9.29. The van der Waals surface area contributed by atoms with E-state index in [1.807, 2.05) is 41.3 Å². The Morgan fingerprint density at radius 1 is 1.37 bits per heavy atom. The highest BCUT2D eigenvalue weighted by molar-refractivity contribution is 8.26. The van der Waals surface area contributed by atoms with Gasteiger partial charge in [-0.25, -0.2) is 0 Å². The van der Waals surface area contributed by atoms with Crippen LogP contribution in [-0.2, 0) is 9.59 Å². The highest BCUT2D eigenvalue weighted by Gasteiger charge is 2.40. The van der Waals surface area contributed by atoms with Crippen molar-refractivity contribution in [3.8, 4) is 0 Å². The van der Waals surface area contributed by atoms with E-state index >= 15 is 0 Å². The topological polar surface area (TPSA) is 60.9 Å². The molecule has 27 heavy (non-hydrogen) atoms. The molecule has 2 heterocycles. The average molecular weight is 405 g/mol. The Hall–Kier alpha value is -1.70. The number of piperidine rings is 1. The molecule has 1 aromatic carbocycles. The number of aliphatic hydroxyl groups is 1. The first-order chi connectivity index (χ1) is 13.0. The quantitative estimate of drug-likeness (QED) is 0.604. The molecule has 0 spiro atoms. The summed E-state index contributed by atoms with van der Waals surface area (Å²) in [4.78, 5) is 29.8. The van der Waals surface area contributed by atoms with Crippen molar-refractivity contribution in [2.24, 2.45) is 0 Å². The first kappa shape index (κ1) is 20.0. The van der Waals surface area contributed by atoms with Gasteiger partial charge in [0.2, 0.25) is 5.91 Å². The Labute approximate surface area is 169 Å². The zero-order valence-corrected chi connectivity index (χ0v) is 17.0. The molecule has 7 heteroatoms. The van der Waals surface area contributed by atoms with Gasteiger partial charge in [-0.1, -0.05) is 54.3 Å². The predicted molar refractivity (Wildman–Crippen MR) is 112 cm³/mol. The summed E-state index contributed by atoms with van der Waals surface area (Å²) in [5.41, 5.74) is 0.927. The van der Waals surface area contributed by atoms with Crippen molar-refractivity contribution in [1.82, 2.24) is 9.80 Å². The Morgan fingerprint density at radius 2 is 2.11 bits per heavy atom. The second-order valence-corrected chi connectivity index (χ2v) is 8.51. The Kier molecular flexibility index (Phi) is 6.68. The summed E-state index contributed by atoms with van der Waals surface area (Å²) in [6.07, 6.45) is 5.29. The maximum Gasteiger partial charge on any atom is 0.266 e. The number of carbonyl (C=O) groups excluding carboxylic acids is 2. The Morgan fingerprint density at radius 3 is 2.81 bits per heavy atom. The second-order valence-electron chi connectivity index (χ2n) is 6.83. The maximum absolute atomic E-state index is 13.1. The van der Waals surface area contributed by atoms with E-state index in [1.54, 1.807) is 6.92 Å². The molecule has 5 nitrogen and oxygen atoms in total. The molecule has 2 amide bonds. The molecular formula is C20H24N2O3S2. The average Bonchev–Trinajstić information content (AvgIpc) is 2.95. The van der Waals surface area contributed by atoms with E-state index in [-0.39, 0.29) is 24.5 Å². The lowest BCUT2D eigenvalue weighted by molar-refractivity contribution is -0.142. The fourth-order valence-electron chi connectivity index (χ4n) is 3.60. The van der Waals surface area contributed by atoms with Crippen LogP contribution >= 0.6 is 24.0 Å². The van der Waals surface area contributed by atoms with Crippen molar-refractivity contribution in [2.45, 2.75) is 44.7 Å². The minimum absolute atomic E-state index is 0.0389. The van der Waals surface area contributed by atoms with Crippen molar-refractivity contribution >= 4 is 46.2 Å². The molecule has 1 N–H and O–H groups in total. The van der Waals surface area contributed by atoms with E-state index in [4.69, 9.17) is 12.2 Å². The van der Waals surface area contributed by atoms with Gasteiger partial charge in [0, 0.05) is 19.2 Å². The zero-order valence-electron chi connectivity index (χ0n) is 15.3. The number of amides is 2. The van der Waals surface area contributed by atoms with Crippen molar-refractivity contribution in [2.75, 3.05) is 13.2 Å². The largest absolute Gasteiger partial charge is 0.396 e. The Balaban J connectivity index is 1.76. The number of carbonyl (C=O) groups is 2. The first-order valence-electron chi connectivity index (χ1n) is 9.26. The van der Waals surface area contributed by atoms with Crippen LogP contribution in [0.3, 0.4) is 0 Å². The molecule has 0 unspecified atom stereocenters. The van der Waals surface area contributed by atoms with Gasteiger partial charge in [-0.05, 0) is 44.2 Å². The number of likely N-dealkylation sites (tertiary alicyclic amines) is 1. The molecule has 0 radical (unpaired) electrons. The number of rotatable bonds is 5. The van der Waals surface area contributed by atoms with E-state index in [0.29, 0.717) is 22.2 Å². The lowest BCUT2D eigenvalue weighted by atomic mass is 9.98. The van der Waals surface area contributed by atoms with Gasteiger partial charge in [0.15, 0.2) is 0 Å². The number of benzene rings is 1. The molecule has 0 aliphatic carbocycles. The normalized spacial score (nSPS) is 23.2. The van der Waals surface area contributed by atoms with Crippen molar-refractivity contribution in [1.29, 1.82) is 0 Å². The van der Waals surface area contributed by atoms with Gasteiger partial charge in [0.25, 0.3) is 5.91 Å². The molecule has 1 aromatic rings. The summed E-state index contributed by atoms with van der Waals surface area (Å²) in [6.45, 7) is 2.47. The number of thioether (sulfide) groups is 1. The van der Waals surface area contributed by atoms with Gasteiger partial charge in [-0.2, -0.15) is 0 Å². The summed E-state index contributed by atoms with van der Waals surface area (Å²) >= 11 is 6.64. The SMILES string of the molecule is C[C@H](C(=O)N1CCCC[C@@H]1CCO)N1C(=O)/C(=C/c2ccccc2)SC1=S. The first-order valence-corrected chi connectivity index (χ1v) is 10.5. The van der Waals surface area contributed by atoms with Crippen LogP contribution in [0.25, 0.3) is 6.08 Å². The fourth-order valence-corrected chi connectivity index (χ4v) is 5.02. The van der Waals surface area contributed by atoms with Crippen LogP contribution in [0.2, 0.25) is 0 Å².